The number of carbonyl (C=O) groups excluding carboxylic acids is 6. The predicted molar refractivity (Wildman–Crippen MR) is 172 cm³/mol. The Kier molecular flexibility index (Phi) is 13.0. The van der Waals surface area contributed by atoms with Gasteiger partial charge in [-0.25, -0.2) is 4.98 Å². The number of ketones is 2. The molecule has 1 unspecified atom stereocenters. The lowest BCUT2D eigenvalue weighted by Gasteiger charge is -2.34. The minimum atomic E-state index is -0.991. The van der Waals surface area contributed by atoms with Crippen LogP contribution in [0.15, 0.2) is 18.6 Å². The summed E-state index contributed by atoms with van der Waals surface area (Å²) in [5.41, 5.74) is -0.185. The first-order chi connectivity index (χ1) is 21.7. The summed E-state index contributed by atoms with van der Waals surface area (Å²) in [4.78, 5) is 89.8. The van der Waals surface area contributed by atoms with Gasteiger partial charge in [0.25, 0.3) is 5.91 Å². The van der Waals surface area contributed by atoms with E-state index in [2.05, 4.69) is 25.9 Å². The van der Waals surface area contributed by atoms with E-state index in [0.29, 0.717) is 38.6 Å². The molecule has 4 amide bonds. The first kappa shape index (κ1) is 36.8. The van der Waals surface area contributed by atoms with Crippen LogP contribution in [0.25, 0.3) is 0 Å². The molecule has 3 rings (SSSR count). The molecule has 1 aliphatic carbocycles. The summed E-state index contributed by atoms with van der Waals surface area (Å²) in [5.74, 6) is -4.04. The van der Waals surface area contributed by atoms with Crippen LogP contribution >= 0.6 is 0 Å². The number of Topliss-reactive ketones (excluding diaryl/α,β-unsaturated/α-hetero) is 2. The molecule has 0 aromatic carbocycles. The maximum absolute atomic E-state index is 14.3. The molecule has 0 radical (unpaired) electrons. The fourth-order valence-electron chi connectivity index (χ4n) is 6.01. The van der Waals surface area contributed by atoms with Crippen molar-refractivity contribution in [3.8, 4) is 0 Å². The van der Waals surface area contributed by atoms with Crippen molar-refractivity contribution < 1.29 is 28.8 Å². The maximum Gasteiger partial charge on any atom is 0.289 e. The van der Waals surface area contributed by atoms with Crippen LogP contribution in [-0.2, 0) is 24.0 Å². The monoisotopic (exact) mass is 640 g/mol. The SMILES string of the molecule is CCCC(NC(=O)[C@@H]1[C@@H](CC)CCN1C(=O)[C@H](CC(C)(C)C)NC(=O)[C@@H](CC(=O)c1cnccn1)C(C)C)C(=O)C(=O)NC1CC1. The molecule has 46 heavy (non-hydrogen) atoms. The third-order valence-corrected chi connectivity index (χ3v) is 8.77. The van der Waals surface area contributed by atoms with Gasteiger partial charge in [-0.3, -0.25) is 33.8 Å². The van der Waals surface area contributed by atoms with Crippen molar-refractivity contribution >= 4 is 35.2 Å². The Labute approximate surface area is 272 Å². The molecule has 2 aliphatic rings. The van der Waals surface area contributed by atoms with E-state index < -0.39 is 47.5 Å². The van der Waals surface area contributed by atoms with Crippen LogP contribution < -0.4 is 16.0 Å². The summed E-state index contributed by atoms with van der Waals surface area (Å²) in [7, 11) is 0. The van der Waals surface area contributed by atoms with Gasteiger partial charge in [0.15, 0.2) is 5.78 Å². The maximum atomic E-state index is 14.3. The van der Waals surface area contributed by atoms with Crippen molar-refractivity contribution in [2.45, 2.75) is 124 Å². The van der Waals surface area contributed by atoms with Gasteiger partial charge in [-0.15, -0.1) is 0 Å². The van der Waals surface area contributed by atoms with Gasteiger partial charge >= 0.3 is 0 Å². The number of hydrogen-bond donors (Lipinski definition) is 3. The standard InChI is InChI=1S/C34H52N6O6/c1-8-10-24(29(42)32(45)37-22-11-12-22)38-31(44)28-21(9-2)13-16-40(28)33(46)25(18-34(5,6)7)39-30(43)23(20(3)4)17-27(41)26-19-35-14-15-36-26/h14-15,19-25,28H,8-13,16-18H2,1-7H3,(H,37,45)(H,38,44)(H,39,43)/t21-,23-,24?,25-,28-/m0/s1. The first-order valence-corrected chi connectivity index (χ1v) is 16.7. The van der Waals surface area contributed by atoms with Crippen LogP contribution in [0.1, 0.15) is 110 Å². The van der Waals surface area contributed by atoms with Gasteiger partial charge in [-0.05, 0) is 49.4 Å². The van der Waals surface area contributed by atoms with Crippen LogP contribution in [0.5, 0.6) is 0 Å². The van der Waals surface area contributed by atoms with Crippen molar-refractivity contribution in [1.29, 1.82) is 0 Å². The topological polar surface area (TPSA) is 168 Å². The summed E-state index contributed by atoms with van der Waals surface area (Å²) >= 11 is 0. The molecule has 2 fully saturated rings. The molecule has 1 saturated heterocycles. The molecular formula is C34H52N6O6. The number of hydrogen-bond acceptors (Lipinski definition) is 8. The molecule has 0 bridgehead atoms. The van der Waals surface area contributed by atoms with Crippen LogP contribution in [0.2, 0.25) is 0 Å². The number of carbonyl (C=O) groups is 6. The van der Waals surface area contributed by atoms with Gasteiger partial charge in [0.1, 0.15) is 17.8 Å². The third-order valence-electron chi connectivity index (χ3n) is 8.77. The number of amides is 4. The molecule has 1 saturated carbocycles. The molecule has 12 nitrogen and oxygen atoms in total. The Morgan fingerprint density at radius 2 is 1.67 bits per heavy atom. The molecule has 254 valence electrons. The second-order valence-corrected chi connectivity index (χ2v) is 14.3. The Morgan fingerprint density at radius 3 is 2.22 bits per heavy atom. The van der Waals surface area contributed by atoms with E-state index in [4.69, 9.17) is 0 Å². The van der Waals surface area contributed by atoms with Crippen LogP contribution in [0, 0.1) is 23.2 Å². The quantitative estimate of drug-likeness (QED) is 0.183. The summed E-state index contributed by atoms with van der Waals surface area (Å²) in [6, 6.07) is -2.77. The average molecular weight is 641 g/mol. The third kappa shape index (κ3) is 10.2. The molecule has 2 heterocycles. The van der Waals surface area contributed by atoms with Crippen molar-refractivity contribution in [3.05, 3.63) is 24.3 Å². The summed E-state index contributed by atoms with van der Waals surface area (Å²) in [5, 5.41) is 8.45. The Hall–Kier alpha value is -3.70. The van der Waals surface area contributed by atoms with E-state index in [9.17, 15) is 28.8 Å². The Morgan fingerprint density at radius 1 is 0.978 bits per heavy atom. The van der Waals surface area contributed by atoms with Crippen molar-refractivity contribution in [3.63, 3.8) is 0 Å². The number of nitrogens with one attached hydrogen (secondary N) is 3. The molecule has 12 heteroatoms. The number of rotatable bonds is 16. The van der Waals surface area contributed by atoms with E-state index in [-0.39, 0.29) is 47.1 Å². The zero-order chi connectivity index (χ0) is 34.2. The number of aromatic nitrogens is 2. The molecule has 3 N–H and O–H groups in total. The van der Waals surface area contributed by atoms with E-state index in [0.717, 1.165) is 12.8 Å². The highest BCUT2D eigenvalue weighted by molar-refractivity contribution is 6.38. The lowest BCUT2D eigenvalue weighted by Crippen LogP contribution is -2.58. The van der Waals surface area contributed by atoms with Gasteiger partial charge < -0.3 is 20.9 Å². The van der Waals surface area contributed by atoms with E-state index in [1.165, 1.54) is 23.5 Å². The van der Waals surface area contributed by atoms with Crippen molar-refractivity contribution in [1.82, 2.24) is 30.8 Å². The molecule has 1 aliphatic heterocycles. The Bertz CT molecular complexity index is 1260. The number of likely N-dealkylation sites (tertiary alicyclic amines) is 1. The minimum Gasteiger partial charge on any atom is -0.347 e. The second-order valence-electron chi connectivity index (χ2n) is 14.3. The van der Waals surface area contributed by atoms with Gasteiger partial charge in [0, 0.05) is 37.3 Å². The highest BCUT2D eigenvalue weighted by atomic mass is 16.2. The van der Waals surface area contributed by atoms with E-state index in [1.54, 1.807) is 0 Å². The van der Waals surface area contributed by atoms with Crippen LogP contribution in [0.4, 0.5) is 0 Å². The molecule has 5 atom stereocenters. The smallest absolute Gasteiger partial charge is 0.289 e. The largest absolute Gasteiger partial charge is 0.347 e. The van der Waals surface area contributed by atoms with Gasteiger partial charge in [-0.2, -0.15) is 0 Å². The van der Waals surface area contributed by atoms with Gasteiger partial charge in [0.05, 0.1) is 12.2 Å². The van der Waals surface area contributed by atoms with Crippen molar-refractivity contribution in [2.24, 2.45) is 23.2 Å². The van der Waals surface area contributed by atoms with Crippen molar-refractivity contribution in [2.75, 3.05) is 6.54 Å². The summed E-state index contributed by atoms with van der Waals surface area (Å²) < 4.78 is 0. The fraction of sp³-hybridized carbons (Fsp3) is 0.706. The summed E-state index contributed by atoms with van der Waals surface area (Å²) in [6.45, 7) is 13.7. The van der Waals surface area contributed by atoms with Crippen LogP contribution in [0.3, 0.4) is 0 Å². The minimum absolute atomic E-state index is 0.0113. The molecule has 1 aromatic rings. The molecule has 1 aromatic heterocycles. The second kappa shape index (κ2) is 16.2. The highest BCUT2D eigenvalue weighted by Crippen LogP contribution is 2.31. The Balaban J connectivity index is 1.81. The normalized spacial score (nSPS) is 20.0. The van der Waals surface area contributed by atoms with E-state index in [1.807, 2.05) is 48.5 Å². The first-order valence-electron chi connectivity index (χ1n) is 16.7. The number of nitrogens with zero attached hydrogens (tertiary/aromatic N) is 3. The summed E-state index contributed by atoms with van der Waals surface area (Å²) in [6.07, 6.45) is 8.24. The van der Waals surface area contributed by atoms with Gasteiger partial charge in [-0.1, -0.05) is 61.3 Å². The molecule has 0 spiro atoms. The fourth-order valence-corrected chi connectivity index (χ4v) is 6.01. The lowest BCUT2D eigenvalue weighted by atomic mass is 9.85. The zero-order valence-corrected chi connectivity index (χ0v) is 28.4. The average Bonchev–Trinajstić information content (AvgIpc) is 3.71. The molecular weight excluding hydrogens is 588 g/mol. The highest BCUT2D eigenvalue weighted by Gasteiger charge is 2.45. The van der Waals surface area contributed by atoms with Crippen LogP contribution in [-0.4, -0.2) is 80.8 Å². The van der Waals surface area contributed by atoms with E-state index >= 15 is 0 Å². The lowest BCUT2D eigenvalue weighted by molar-refractivity contribution is -0.145. The van der Waals surface area contributed by atoms with Gasteiger partial charge in [0.2, 0.25) is 23.5 Å². The predicted octanol–water partition coefficient (Wildman–Crippen LogP) is 3.00. The zero-order valence-electron chi connectivity index (χ0n) is 28.4.